The summed E-state index contributed by atoms with van der Waals surface area (Å²) >= 11 is 6.06. The van der Waals surface area contributed by atoms with Crippen LogP contribution >= 0.6 is 11.6 Å². The van der Waals surface area contributed by atoms with Gasteiger partial charge in [0.1, 0.15) is 6.79 Å². The number of ether oxygens (including phenoxy) is 2. The predicted octanol–water partition coefficient (Wildman–Crippen LogP) is 7.19. The third-order valence-corrected chi connectivity index (χ3v) is 4.75. The molecule has 3 heteroatoms. The Hall–Kier alpha value is 0.210. The zero-order chi connectivity index (χ0) is 18.0. The zero-order valence-electron chi connectivity index (χ0n) is 16.8. The second kappa shape index (κ2) is 18.0. The van der Waals surface area contributed by atoms with E-state index in [1.807, 2.05) is 0 Å². The van der Waals surface area contributed by atoms with Gasteiger partial charge in [-0.25, -0.2) is 0 Å². The highest BCUT2D eigenvalue weighted by molar-refractivity contribution is 6.20. The molecule has 0 aromatic heterocycles. The van der Waals surface area contributed by atoms with Gasteiger partial charge in [0, 0.05) is 18.6 Å². The number of unbranched alkanes of at least 4 members (excludes halogenated alkanes) is 6. The van der Waals surface area contributed by atoms with Crippen molar-refractivity contribution in [1.82, 2.24) is 0 Å². The van der Waals surface area contributed by atoms with E-state index in [0.29, 0.717) is 12.2 Å². The molecule has 0 fully saturated rings. The topological polar surface area (TPSA) is 18.5 Å². The quantitative estimate of drug-likeness (QED) is 0.146. The summed E-state index contributed by atoms with van der Waals surface area (Å²) in [5.41, 5.74) is 0. The minimum Gasteiger partial charge on any atom is -0.355 e. The molecule has 0 rings (SSSR count). The smallest absolute Gasteiger partial charge is 0.146 e. The number of rotatable bonds is 18. The summed E-state index contributed by atoms with van der Waals surface area (Å²) in [5.74, 6) is 1.48. The maximum absolute atomic E-state index is 6.06. The Balaban J connectivity index is 3.22. The molecule has 2 nitrogen and oxygen atoms in total. The molecule has 146 valence electrons. The Labute approximate surface area is 157 Å². The van der Waals surface area contributed by atoms with Crippen molar-refractivity contribution in [2.24, 2.45) is 11.8 Å². The van der Waals surface area contributed by atoms with Crippen LogP contribution in [-0.4, -0.2) is 25.4 Å². The molecule has 0 spiro atoms. The van der Waals surface area contributed by atoms with Crippen LogP contribution < -0.4 is 0 Å². The van der Waals surface area contributed by atoms with E-state index in [1.54, 1.807) is 0 Å². The summed E-state index contributed by atoms with van der Waals surface area (Å²) in [6.07, 6.45) is 14.0. The van der Waals surface area contributed by atoms with Crippen molar-refractivity contribution in [3.8, 4) is 0 Å². The fourth-order valence-electron chi connectivity index (χ4n) is 3.33. The van der Waals surface area contributed by atoms with E-state index in [-0.39, 0.29) is 0 Å². The van der Waals surface area contributed by atoms with Gasteiger partial charge in [0.2, 0.25) is 0 Å². The van der Waals surface area contributed by atoms with Crippen LogP contribution in [0, 0.1) is 11.8 Å². The van der Waals surface area contributed by atoms with Gasteiger partial charge in [-0.05, 0) is 50.9 Å². The number of hydrogen-bond donors (Lipinski definition) is 0. The molecular weight excluding hydrogens is 320 g/mol. The Morgan fingerprint density at radius 1 is 0.708 bits per heavy atom. The van der Waals surface area contributed by atoms with E-state index >= 15 is 0 Å². The van der Waals surface area contributed by atoms with Crippen LogP contribution in [0.5, 0.6) is 0 Å². The molecule has 24 heavy (non-hydrogen) atoms. The van der Waals surface area contributed by atoms with Gasteiger partial charge in [0.15, 0.2) is 0 Å². The maximum Gasteiger partial charge on any atom is 0.146 e. The van der Waals surface area contributed by atoms with Gasteiger partial charge in [0.05, 0.1) is 0 Å². The largest absolute Gasteiger partial charge is 0.355 e. The molecular formula is C21H43ClO2. The molecule has 0 heterocycles. The van der Waals surface area contributed by atoms with Gasteiger partial charge in [-0.2, -0.15) is 0 Å². The Bertz CT molecular complexity index is 246. The van der Waals surface area contributed by atoms with Crippen LogP contribution in [0.4, 0.5) is 0 Å². The van der Waals surface area contributed by atoms with E-state index < -0.39 is 0 Å². The third kappa shape index (κ3) is 18.5. The van der Waals surface area contributed by atoms with Crippen molar-refractivity contribution >= 4 is 11.6 Å². The molecule has 0 bridgehead atoms. The summed E-state index contributed by atoms with van der Waals surface area (Å²) < 4.78 is 11.1. The van der Waals surface area contributed by atoms with E-state index in [9.17, 15) is 0 Å². The SMILES string of the molecule is CCCCCCCCCOCOCCCC(C)CC(C)CC(C)Cl. The predicted molar refractivity (Wildman–Crippen MR) is 107 cm³/mol. The van der Waals surface area contributed by atoms with Gasteiger partial charge < -0.3 is 9.47 Å². The molecule has 0 aromatic carbocycles. The minimum absolute atomic E-state index is 0.295. The molecule has 0 aliphatic heterocycles. The summed E-state index contributed by atoms with van der Waals surface area (Å²) in [6.45, 7) is 11.1. The monoisotopic (exact) mass is 362 g/mol. The first kappa shape index (κ1) is 24.2. The average molecular weight is 363 g/mol. The summed E-state index contributed by atoms with van der Waals surface area (Å²) in [5, 5.41) is 0.295. The first-order chi connectivity index (χ1) is 11.6. The van der Waals surface area contributed by atoms with E-state index in [1.165, 1.54) is 57.8 Å². The molecule has 0 aromatic rings. The van der Waals surface area contributed by atoms with Crippen LogP contribution in [-0.2, 0) is 9.47 Å². The highest BCUT2D eigenvalue weighted by atomic mass is 35.5. The Morgan fingerprint density at radius 2 is 1.29 bits per heavy atom. The molecule has 0 radical (unpaired) electrons. The van der Waals surface area contributed by atoms with Crippen molar-refractivity contribution in [2.45, 2.75) is 104 Å². The van der Waals surface area contributed by atoms with Gasteiger partial charge in [-0.3, -0.25) is 0 Å². The van der Waals surface area contributed by atoms with Gasteiger partial charge in [-0.15, -0.1) is 11.6 Å². The molecule has 0 saturated heterocycles. The summed E-state index contributed by atoms with van der Waals surface area (Å²) in [6, 6.07) is 0. The normalized spacial score (nSPS) is 15.4. The molecule has 0 aliphatic rings. The number of alkyl halides is 1. The third-order valence-electron chi connectivity index (χ3n) is 4.58. The fraction of sp³-hybridized carbons (Fsp3) is 1.00. The highest BCUT2D eigenvalue weighted by Gasteiger charge is 2.11. The molecule has 0 amide bonds. The Morgan fingerprint density at radius 3 is 1.92 bits per heavy atom. The fourth-order valence-corrected chi connectivity index (χ4v) is 3.63. The van der Waals surface area contributed by atoms with Crippen LogP contribution in [0.1, 0.15) is 98.3 Å². The lowest BCUT2D eigenvalue weighted by Crippen LogP contribution is -2.09. The van der Waals surface area contributed by atoms with Crippen LogP contribution in [0.3, 0.4) is 0 Å². The van der Waals surface area contributed by atoms with E-state index in [4.69, 9.17) is 21.1 Å². The van der Waals surface area contributed by atoms with Crippen LogP contribution in [0.25, 0.3) is 0 Å². The first-order valence-electron chi connectivity index (χ1n) is 10.4. The first-order valence-corrected chi connectivity index (χ1v) is 10.8. The van der Waals surface area contributed by atoms with Crippen molar-refractivity contribution in [2.75, 3.05) is 20.0 Å². The van der Waals surface area contributed by atoms with Gasteiger partial charge in [0.25, 0.3) is 0 Å². The lowest BCUT2D eigenvalue weighted by molar-refractivity contribution is -0.0561. The summed E-state index contributed by atoms with van der Waals surface area (Å²) in [4.78, 5) is 0. The Kier molecular flexibility index (Phi) is 18.2. The molecule has 0 N–H and O–H groups in total. The van der Waals surface area contributed by atoms with Crippen molar-refractivity contribution in [3.63, 3.8) is 0 Å². The van der Waals surface area contributed by atoms with Gasteiger partial charge >= 0.3 is 0 Å². The van der Waals surface area contributed by atoms with E-state index in [2.05, 4.69) is 27.7 Å². The van der Waals surface area contributed by atoms with Crippen molar-refractivity contribution in [1.29, 1.82) is 0 Å². The lowest BCUT2D eigenvalue weighted by atomic mass is 9.91. The van der Waals surface area contributed by atoms with Crippen LogP contribution in [0.2, 0.25) is 0 Å². The zero-order valence-corrected chi connectivity index (χ0v) is 17.6. The van der Waals surface area contributed by atoms with E-state index in [0.717, 1.165) is 37.9 Å². The molecule has 0 aliphatic carbocycles. The summed E-state index contributed by atoms with van der Waals surface area (Å²) in [7, 11) is 0. The van der Waals surface area contributed by atoms with Gasteiger partial charge in [-0.1, -0.05) is 59.3 Å². The second-order valence-electron chi connectivity index (χ2n) is 7.66. The molecule has 3 unspecified atom stereocenters. The standard InChI is InChI=1S/C21H43ClO2/c1-5-6-7-8-9-10-11-14-23-18-24-15-12-13-19(2)16-20(3)17-21(4)22/h19-21H,5-18H2,1-4H3. The number of hydrogen-bond acceptors (Lipinski definition) is 2. The van der Waals surface area contributed by atoms with Crippen molar-refractivity contribution < 1.29 is 9.47 Å². The van der Waals surface area contributed by atoms with Crippen molar-refractivity contribution in [3.05, 3.63) is 0 Å². The maximum atomic E-state index is 6.06. The second-order valence-corrected chi connectivity index (χ2v) is 8.41. The van der Waals surface area contributed by atoms with Crippen LogP contribution in [0.15, 0.2) is 0 Å². The molecule has 0 saturated carbocycles. The minimum atomic E-state index is 0.295. The lowest BCUT2D eigenvalue weighted by Gasteiger charge is -2.18. The number of halogens is 1. The molecule has 3 atom stereocenters. The highest BCUT2D eigenvalue weighted by Crippen LogP contribution is 2.21. The average Bonchev–Trinajstić information content (AvgIpc) is 2.51.